The van der Waals surface area contributed by atoms with Crippen LogP contribution < -0.4 is 5.32 Å². The third kappa shape index (κ3) is 4.65. The molecule has 1 rings (SSSR count). The van der Waals surface area contributed by atoms with E-state index in [0.29, 0.717) is 18.8 Å². The fourth-order valence-corrected chi connectivity index (χ4v) is 1.90. The van der Waals surface area contributed by atoms with Crippen molar-refractivity contribution >= 4 is 29.3 Å². The van der Waals surface area contributed by atoms with Crippen LogP contribution in [0, 0.1) is 17.2 Å². The summed E-state index contributed by atoms with van der Waals surface area (Å²) in [6.07, 6.45) is 0. The number of hydrogen-bond donors (Lipinski definition) is 2. The molecule has 1 atom stereocenters. The molecule has 0 fully saturated rings. The van der Waals surface area contributed by atoms with Gasteiger partial charge in [0, 0.05) is 13.1 Å². The second kappa shape index (κ2) is 7.50. The Labute approximate surface area is 127 Å². The second-order valence-corrected chi connectivity index (χ2v) is 4.91. The van der Waals surface area contributed by atoms with E-state index >= 15 is 0 Å². The van der Waals surface area contributed by atoms with E-state index in [1.165, 1.54) is 23.1 Å². The van der Waals surface area contributed by atoms with E-state index in [2.05, 4.69) is 11.4 Å². The number of halogens is 1. The van der Waals surface area contributed by atoms with E-state index in [-0.39, 0.29) is 22.5 Å². The van der Waals surface area contributed by atoms with Crippen LogP contribution in [-0.4, -0.2) is 35.1 Å². The largest absolute Gasteiger partial charge is 0.478 e. The number of nitrogens with zero attached hydrogens (tertiary/aromatic N) is 2. The van der Waals surface area contributed by atoms with Gasteiger partial charge in [-0.25, -0.2) is 9.59 Å². The quantitative estimate of drug-likeness (QED) is 0.874. The van der Waals surface area contributed by atoms with Gasteiger partial charge in [0.25, 0.3) is 0 Å². The average Bonchev–Trinajstić information content (AvgIpc) is 2.46. The summed E-state index contributed by atoms with van der Waals surface area (Å²) < 4.78 is 0. The van der Waals surface area contributed by atoms with Gasteiger partial charge in [-0.2, -0.15) is 5.26 Å². The Kier molecular flexibility index (Phi) is 6.00. The molecular formula is C14H16ClN3O3. The zero-order chi connectivity index (χ0) is 16.0. The third-order valence-corrected chi connectivity index (χ3v) is 3.15. The molecule has 1 aromatic rings. The maximum Gasteiger partial charge on any atom is 0.335 e. The molecule has 0 aromatic heterocycles. The Morgan fingerprint density at radius 1 is 1.52 bits per heavy atom. The maximum absolute atomic E-state index is 12.1. The number of urea groups is 1. The van der Waals surface area contributed by atoms with Crippen molar-refractivity contribution in [3.63, 3.8) is 0 Å². The highest BCUT2D eigenvalue weighted by Crippen LogP contribution is 2.23. The number of nitrogens with one attached hydrogen (secondary N) is 1. The molecule has 0 spiro atoms. The van der Waals surface area contributed by atoms with Crippen LogP contribution in [0.3, 0.4) is 0 Å². The van der Waals surface area contributed by atoms with Gasteiger partial charge in [0.05, 0.1) is 28.3 Å². The van der Waals surface area contributed by atoms with E-state index in [1.807, 2.05) is 0 Å². The topological polar surface area (TPSA) is 93.4 Å². The van der Waals surface area contributed by atoms with E-state index in [0.717, 1.165) is 0 Å². The Morgan fingerprint density at radius 2 is 2.19 bits per heavy atom. The summed E-state index contributed by atoms with van der Waals surface area (Å²) in [7, 11) is 0. The Balaban J connectivity index is 2.82. The Bertz CT molecular complexity index is 583. The number of carboxylic acid groups (broad SMARTS) is 1. The van der Waals surface area contributed by atoms with Crippen molar-refractivity contribution in [2.75, 3.05) is 18.4 Å². The van der Waals surface area contributed by atoms with Crippen molar-refractivity contribution < 1.29 is 14.7 Å². The van der Waals surface area contributed by atoms with E-state index < -0.39 is 5.97 Å². The molecule has 0 saturated heterocycles. The van der Waals surface area contributed by atoms with Crippen LogP contribution in [0.25, 0.3) is 0 Å². The zero-order valence-electron chi connectivity index (χ0n) is 11.8. The number of benzene rings is 1. The number of carbonyl (C=O) groups excluding carboxylic acids is 1. The molecule has 0 aliphatic carbocycles. The molecule has 0 aliphatic rings. The fourth-order valence-electron chi connectivity index (χ4n) is 1.67. The summed E-state index contributed by atoms with van der Waals surface area (Å²) in [5, 5.41) is 20.4. The minimum absolute atomic E-state index is 0.0449. The van der Waals surface area contributed by atoms with Gasteiger partial charge in [0.1, 0.15) is 0 Å². The molecule has 112 valence electrons. The SMILES string of the molecule is CCN(CC(C)C#N)C(=O)Nc1ccc(C(=O)O)cc1Cl. The maximum atomic E-state index is 12.1. The van der Waals surface area contributed by atoms with Crippen LogP contribution in [-0.2, 0) is 0 Å². The molecule has 21 heavy (non-hydrogen) atoms. The molecule has 0 radical (unpaired) electrons. The van der Waals surface area contributed by atoms with Crippen molar-refractivity contribution in [3.8, 4) is 6.07 Å². The van der Waals surface area contributed by atoms with Gasteiger partial charge >= 0.3 is 12.0 Å². The van der Waals surface area contributed by atoms with Crippen LogP contribution in [0.4, 0.5) is 10.5 Å². The number of nitriles is 1. The molecule has 0 aliphatic heterocycles. The number of anilines is 1. The highest BCUT2D eigenvalue weighted by atomic mass is 35.5. The first kappa shape index (κ1) is 16.8. The van der Waals surface area contributed by atoms with Gasteiger partial charge in [-0.3, -0.25) is 0 Å². The summed E-state index contributed by atoms with van der Waals surface area (Å²) in [4.78, 5) is 24.4. The number of aromatic carboxylic acids is 1. The molecule has 7 heteroatoms. The number of carboxylic acids is 1. The lowest BCUT2D eigenvalue weighted by molar-refractivity contribution is 0.0697. The van der Waals surface area contributed by atoms with E-state index in [4.69, 9.17) is 22.0 Å². The Morgan fingerprint density at radius 3 is 2.67 bits per heavy atom. The summed E-state index contributed by atoms with van der Waals surface area (Å²) in [6, 6.07) is 5.75. The monoisotopic (exact) mass is 309 g/mol. The molecule has 0 bridgehead atoms. The van der Waals surface area contributed by atoms with Crippen molar-refractivity contribution in [1.82, 2.24) is 4.90 Å². The molecule has 0 saturated carbocycles. The van der Waals surface area contributed by atoms with E-state index in [1.54, 1.807) is 13.8 Å². The number of rotatable bonds is 5. The molecule has 2 N–H and O–H groups in total. The third-order valence-electron chi connectivity index (χ3n) is 2.84. The molecule has 1 unspecified atom stereocenters. The van der Waals surface area contributed by atoms with Crippen LogP contribution in [0.1, 0.15) is 24.2 Å². The zero-order valence-corrected chi connectivity index (χ0v) is 12.5. The van der Waals surface area contributed by atoms with Gasteiger partial charge in [-0.15, -0.1) is 0 Å². The first-order valence-electron chi connectivity index (χ1n) is 6.37. The predicted molar refractivity (Wildman–Crippen MR) is 79.5 cm³/mol. The summed E-state index contributed by atoms with van der Waals surface area (Å²) in [5.41, 5.74) is 0.373. The summed E-state index contributed by atoms with van der Waals surface area (Å²) in [5.74, 6) is -1.37. The lowest BCUT2D eigenvalue weighted by Gasteiger charge is -2.22. The standard InChI is InChI=1S/C14H16ClN3O3/c1-3-18(8-9(2)7-16)14(21)17-12-5-4-10(13(19)20)6-11(12)15/h4-6,9H,3,8H2,1-2H3,(H,17,21)(H,19,20). The van der Waals surface area contributed by atoms with Gasteiger partial charge in [-0.05, 0) is 32.0 Å². The molecule has 6 nitrogen and oxygen atoms in total. The molecule has 2 amide bonds. The highest BCUT2D eigenvalue weighted by molar-refractivity contribution is 6.34. The molecule has 0 heterocycles. The minimum atomic E-state index is -1.09. The van der Waals surface area contributed by atoms with Crippen LogP contribution in [0.2, 0.25) is 5.02 Å². The van der Waals surface area contributed by atoms with Crippen LogP contribution >= 0.6 is 11.6 Å². The predicted octanol–water partition coefficient (Wildman–Crippen LogP) is 3.05. The average molecular weight is 310 g/mol. The molecule has 1 aromatic carbocycles. The van der Waals surface area contributed by atoms with Crippen molar-refractivity contribution in [2.24, 2.45) is 5.92 Å². The second-order valence-electron chi connectivity index (χ2n) is 4.50. The van der Waals surface area contributed by atoms with Gasteiger partial charge < -0.3 is 15.3 Å². The molecular weight excluding hydrogens is 294 g/mol. The van der Waals surface area contributed by atoms with Gasteiger partial charge in [-0.1, -0.05) is 11.6 Å². The van der Waals surface area contributed by atoms with Crippen molar-refractivity contribution in [3.05, 3.63) is 28.8 Å². The number of carbonyl (C=O) groups is 2. The normalized spacial score (nSPS) is 11.3. The fraction of sp³-hybridized carbons (Fsp3) is 0.357. The number of amides is 2. The van der Waals surface area contributed by atoms with Gasteiger partial charge in [0.15, 0.2) is 0 Å². The minimum Gasteiger partial charge on any atom is -0.478 e. The van der Waals surface area contributed by atoms with Crippen LogP contribution in [0.15, 0.2) is 18.2 Å². The number of hydrogen-bond acceptors (Lipinski definition) is 3. The first-order chi connectivity index (χ1) is 9.88. The van der Waals surface area contributed by atoms with Crippen molar-refractivity contribution in [2.45, 2.75) is 13.8 Å². The Hall–Kier alpha value is -2.26. The lowest BCUT2D eigenvalue weighted by atomic mass is 10.2. The van der Waals surface area contributed by atoms with Crippen LogP contribution in [0.5, 0.6) is 0 Å². The van der Waals surface area contributed by atoms with Crippen molar-refractivity contribution in [1.29, 1.82) is 5.26 Å². The van der Waals surface area contributed by atoms with Gasteiger partial charge in [0.2, 0.25) is 0 Å². The summed E-state index contributed by atoms with van der Waals surface area (Å²) in [6.45, 7) is 4.29. The highest BCUT2D eigenvalue weighted by Gasteiger charge is 2.16. The smallest absolute Gasteiger partial charge is 0.335 e. The van der Waals surface area contributed by atoms with E-state index in [9.17, 15) is 9.59 Å². The first-order valence-corrected chi connectivity index (χ1v) is 6.75. The lowest BCUT2D eigenvalue weighted by Crippen LogP contribution is -2.37. The summed E-state index contributed by atoms with van der Waals surface area (Å²) >= 11 is 5.95.